The number of para-hydroxylation sites is 1. The summed E-state index contributed by atoms with van der Waals surface area (Å²) in [7, 11) is 0. The molecule has 8 heteroatoms. The van der Waals surface area contributed by atoms with Crippen LogP contribution in [0.5, 0.6) is 0 Å². The van der Waals surface area contributed by atoms with E-state index in [-0.39, 0.29) is 17.9 Å². The summed E-state index contributed by atoms with van der Waals surface area (Å²) >= 11 is 0. The molecule has 1 saturated heterocycles. The standard InChI is InChI=1S/C23H27N5O3/c29-22(24-13-16-6-9-31-10-7-16)12-19-15-27(14-18-5-8-25-28(18)19)23(30)21-11-17-3-1-2-4-20(17)26-21/h1-5,8,11,16,19,26H,6-7,9-10,12-15H2,(H,24,29)/t19-/m1/s1. The Balaban J connectivity index is 1.27. The van der Waals surface area contributed by atoms with Gasteiger partial charge in [-0.1, -0.05) is 18.2 Å². The van der Waals surface area contributed by atoms with E-state index < -0.39 is 0 Å². The zero-order valence-corrected chi connectivity index (χ0v) is 17.4. The predicted octanol–water partition coefficient (Wildman–Crippen LogP) is 2.49. The molecule has 4 heterocycles. The van der Waals surface area contributed by atoms with E-state index in [2.05, 4.69) is 15.4 Å². The Morgan fingerprint density at radius 1 is 1.19 bits per heavy atom. The molecule has 2 N–H and O–H groups in total. The number of amides is 2. The topological polar surface area (TPSA) is 92.3 Å². The number of aromatic nitrogens is 3. The van der Waals surface area contributed by atoms with Gasteiger partial charge in [0.1, 0.15) is 5.69 Å². The van der Waals surface area contributed by atoms with E-state index in [9.17, 15) is 9.59 Å². The van der Waals surface area contributed by atoms with Crippen molar-refractivity contribution >= 4 is 22.7 Å². The van der Waals surface area contributed by atoms with Crippen LogP contribution < -0.4 is 5.32 Å². The summed E-state index contributed by atoms with van der Waals surface area (Å²) in [5.74, 6) is 0.415. The summed E-state index contributed by atoms with van der Waals surface area (Å²) < 4.78 is 7.28. The van der Waals surface area contributed by atoms with Gasteiger partial charge in [-0.25, -0.2) is 0 Å². The molecule has 0 spiro atoms. The van der Waals surface area contributed by atoms with E-state index in [4.69, 9.17) is 4.74 Å². The normalized spacial score (nSPS) is 19.4. The van der Waals surface area contributed by atoms with Gasteiger partial charge in [-0.15, -0.1) is 0 Å². The Morgan fingerprint density at radius 3 is 2.87 bits per heavy atom. The molecule has 0 aliphatic carbocycles. The maximum absolute atomic E-state index is 13.2. The SMILES string of the molecule is O=C(C[C@@H]1CN(C(=O)c2cc3ccccc3[nH]2)Cc2ccnn21)NCC1CCOCC1. The van der Waals surface area contributed by atoms with Gasteiger partial charge in [-0.05, 0) is 37.0 Å². The lowest BCUT2D eigenvalue weighted by molar-refractivity contribution is -0.122. The number of hydrogen-bond donors (Lipinski definition) is 2. The number of carbonyl (C=O) groups is 2. The Morgan fingerprint density at radius 2 is 2.03 bits per heavy atom. The lowest BCUT2D eigenvalue weighted by Gasteiger charge is -2.33. The third kappa shape index (κ3) is 4.20. The smallest absolute Gasteiger partial charge is 0.270 e. The predicted molar refractivity (Wildman–Crippen MR) is 115 cm³/mol. The molecule has 1 aromatic carbocycles. The van der Waals surface area contributed by atoms with Gasteiger partial charge in [0.15, 0.2) is 0 Å². The minimum absolute atomic E-state index is 0.00199. The van der Waals surface area contributed by atoms with Crippen LogP contribution in [0.4, 0.5) is 0 Å². The molecule has 8 nitrogen and oxygen atoms in total. The summed E-state index contributed by atoms with van der Waals surface area (Å²) in [6.45, 7) is 3.15. The minimum Gasteiger partial charge on any atom is -0.381 e. The molecule has 2 aliphatic heterocycles. The largest absolute Gasteiger partial charge is 0.381 e. The second kappa shape index (κ2) is 8.55. The number of carbonyl (C=O) groups excluding carboxylic acids is 2. The van der Waals surface area contributed by atoms with Crippen molar-refractivity contribution in [2.45, 2.75) is 31.8 Å². The highest BCUT2D eigenvalue weighted by molar-refractivity contribution is 5.98. The highest BCUT2D eigenvalue weighted by Crippen LogP contribution is 2.25. The average molecular weight is 422 g/mol. The molecule has 2 aromatic heterocycles. The molecule has 5 rings (SSSR count). The van der Waals surface area contributed by atoms with Gasteiger partial charge < -0.3 is 19.9 Å². The van der Waals surface area contributed by atoms with Crippen LogP contribution in [0.1, 0.15) is 41.5 Å². The van der Waals surface area contributed by atoms with Crippen LogP contribution in [0.2, 0.25) is 0 Å². The van der Waals surface area contributed by atoms with Crippen molar-refractivity contribution in [2.24, 2.45) is 5.92 Å². The Kier molecular flexibility index (Phi) is 5.46. The molecule has 0 bridgehead atoms. The summed E-state index contributed by atoms with van der Waals surface area (Å²) in [5, 5.41) is 8.50. The van der Waals surface area contributed by atoms with Crippen LogP contribution in [0, 0.1) is 5.92 Å². The van der Waals surface area contributed by atoms with Crippen molar-refractivity contribution in [3.8, 4) is 0 Å². The number of aromatic amines is 1. The third-order valence-electron chi connectivity index (χ3n) is 6.28. The molecule has 0 radical (unpaired) electrons. The first-order chi connectivity index (χ1) is 15.2. The maximum atomic E-state index is 13.2. The van der Waals surface area contributed by atoms with E-state index in [1.165, 1.54) is 0 Å². The lowest BCUT2D eigenvalue weighted by atomic mass is 10.0. The van der Waals surface area contributed by atoms with Gasteiger partial charge in [0, 0.05) is 43.4 Å². The number of nitrogens with zero attached hydrogens (tertiary/aromatic N) is 3. The number of rotatable bonds is 5. The Labute approximate surface area is 180 Å². The molecule has 0 unspecified atom stereocenters. The van der Waals surface area contributed by atoms with Gasteiger partial charge in [-0.2, -0.15) is 5.10 Å². The number of nitrogens with one attached hydrogen (secondary N) is 2. The van der Waals surface area contributed by atoms with E-state index in [1.807, 2.05) is 41.1 Å². The first-order valence-corrected chi connectivity index (χ1v) is 10.9. The minimum atomic E-state index is -0.179. The highest BCUT2D eigenvalue weighted by atomic mass is 16.5. The third-order valence-corrected chi connectivity index (χ3v) is 6.28. The van der Waals surface area contributed by atoms with Crippen LogP contribution in [-0.4, -0.2) is 57.8 Å². The van der Waals surface area contributed by atoms with Crippen LogP contribution >= 0.6 is 0 Å². The van der Waals surface area contributed by atoms with Crippen LogP contribution in [0.3, 0.4) is 0 Å². The molecule has 3 aromatic rings. The van der Waals surface area contributed by atoms with Crippen molar-refractivity contribution in [1.82, 2.24) is 25.0 Å². The van der Waals surface area contributed by atoms with Crippen LogP contribution in [-0.2, 0) is 16.1 Å². The molecule has 2 aliphatic rings. The fraction of sp³-hybridized carbons (Fsp3) is 0.435. The molecule has 1 fully saturated rings. The maximum Gasteiger partial charge on any atom is 0.270 e. The first kappa shape index (κ1) is 19.8. The van der Waals surface area contributed by atoms with Gasteiger partial charge in [0.25, 0.3) is 5.91 Å². The number of ether oxygens (including phenoxy) is 1. The van der Waals surface area contributed by atoms with Crippen LogP contribution in [0.15, 0.2) is 42.6 Å². The Hall–Kier alpha value is -3.13. The monoisotopic (exact) mass is 421 g/mol. The number of hydrogen-bond acceptors (Lipinski definition) is 4. The summed E-state index contributed by atoms with van der Waals surface area (Å²) in [6, 6.07) is 11.5. The van der Waals surface area contributed by atoms with Crippen molar-refractivity contribution in [3.63, 3.8) is 0 Å². The van der Waals surface area contributed by atoms with E-state index in [0.29, 0.717) is 37.7 Å². The average Bonchev–Trinajstić information content (AvgIpc) is 3.45. The summed E-state index contributed by atoms with van der Waals surface area (Å²) in [6.07, 6.45) is 4.01. The number of fused-ring (bicyclic) bond motifs is 2. The molecule has 2 amide bonds. The molecule has 162 valence electrons. The summed E-state index contributed by atoms with van der Waals surface area (Å²) in [5.41, 5.74) is 2.45. The fourth-order valence-corrected chi connectivity index (χ4v) is 4.55. The second-order valence-corrected chi connectivity index (χ2v) is 8.44. The van der Waals surface area contributed by atoms with Gasteiger partial charge >= 0.3 is 0 Å². The van der Waals surface area contributed by atoms with Gasteiger partial charge in [0.2, 0.25) is 5.91 Å². The quantitative estimate of drug-likeness (QED) is 0.662. The van der Waals surface area contributed by atoms with Crippen molar-refractivity contribution in [3.05, 3.63) is 54.0 Å². The zero-order valence-electron chi connectivity index (χ0n) is 17.4. The highest BCUT2D eigenvalue weighted by Gasteiger charge is 2.31. The van der Waals surface area contributed by atoms with Crippen molar-refractivity contribution in [2.75, 3.05) is 26.3 Å². The van der Waals surface area contributed by atoms with E-state index in [0.717, 1.165) is 42.7 Å². The lowest BCUT2D eigenvalue weighted by Crippen LogP contribution is -2.43. The van der Waals surface area contributed by atoms with E-state index >= 15 is 0 Å². The van der Waals surface area contributed by atoms with Crippen molar-refractivity contribution in [1.29, 1.82) is 0 Å². The van der Waals surface area contributed by atoms with Gasteiger partial charge in [-0.3, -0.25) is 14.3 Å². The first-order valence-electron chi connectivity index (χ1n) is 10.9. The molecule has 31 heavy (non-hydrogen) atoms. The molecular weight excluding hydrogens is 394 g/mol. The van der Waals surface area contributed by atoms with Gasteiger partial charge in [0.05, 0.1) is 24.7 Å². The fourth-order valence-electron chi connectivity index (χ4n) is 4.55. The second-order valence-electron chi connectivity index (χ2n) is 8.44. The molecular formula is C23H27N5O3. The van der Waals surface area contributed by atoms with E-state index in [1.54, 1.807) is 11.1 Å². The zero-order chi connectivity index (χ0) is 21.2. The summed E-state index contributed by atoms with van der Waals surface area (Å²) in [4.78, 5) is 30.9. The van der Waals surface area contributed by atoms with Crippen molar-refractivity contribution < 1.29 is 14.3 Å². The molecule has 1 atom stereocenters. The number of benzene rings is 1. The molecule has 0 saturated carbocycles. The number of H-pyrrole nitrogens is 1. The Bertz CT molecular complexity index is 1050. The van der Waals surface area contributed by atoms with Crippen LogP contribution in [0.25, 0.3) is 10.9 Å².